The van der Waals surface area contributed by atoms with Crippen LogP contribution in [0.1, 0.15) is 16.9 Å². The molecule has 1 N–H and O–H groups in total. The van der Waals surface area contributed by atoms with Gasteiger partial charge in [0, 0.05) is 17.3 Å². The van der Waals surface area contributed by atoms with Crippen LogP contribution in [0.3, 0.4) is 0 Å². The van der Waals surface area contributed by atoms with Gasteiger partial charge in [-0.1, -0.05) is 17.7 Å². The van der Waals surface area contributed by atoms with Crippen LogP contribution in [0.4, 0.5) is 10.5 Å². The van der Waals surface area contributed by atoms with Crippen LogP contribution in [0.5, 0.6) is 0 Å². The zero-order chi connectivity index (χ0) is 22.7. The Labute approximate surface area is 188 Å². The molecule has 0 saturated carbocycles. The smallest absolute Gasteiger partial charge is 0.294 e. The van der Waals surface area contributed by atoms with Gasteiger partial charge in [0.2, 0.25) is 5.91 Å². The first-order valence-corrected chi connectivity index (χ1v) is 10.5. The monoisotopic (exact) mass is 443 g/mol. The number of anilines is 1. The van der Waals surface area contributed by atoms with Crippen LogP contribution in [-0.2, 0) is 9.59 Å². The van der Waals surface area contributed by atoms with E-state index in [1.807, 2.05) is 19.1 Å². The number of nitriles is 1. The Bertz CT molecular complexity index is 1270. The highest BCUT2D eigenvalue weighted by atomic mass is 32.2. The molecular formula is C24H17N3O4S. The molecular weight excluding hydrogens is 426 g/mol. The van der Waals surface area contributed by atoms with Gasteiger partial charge in [0.15, 0.2) is 0 Å². The fraction of sp³-hybridized carbons (Fsp3) is 0.0833. The molecule has 2 aromatic carbocycles. The second-order valence-electron chi connectivity index (χ2n) is 7.07. The van der Waals surface area contributed by atoms with Crippen molar-refractivity contribution >= 4 is 40.6 Å². The van der Waals surface area contributed by atoms with Crippen molar-refractivity contribution in [2.75, 3.05) is 11.9 Å². The molecule has 4 rings (SSSR count). The summed E-state index contributed by atoms with van der Waals surface area (Å²) in [5.74, 6) is -0.0368. The molecule has 158 valence electrons. The molecule has 1 saturated heterocycles. The number of carbonyl (C=O) groups excluding carboxylic acids is 3. The normalized spacial score (nSPS) is 14.6. The third-order valence-electron chi connectivity index (χ3n) is 4.71. The minimum atomic E-state index is -0.546. The number of benzene rings is 2. The molecule has 0 atom stereocenters. The molecule has 3 aromatic rings. The Balaban J connectivity index is 1.44. The highest BCUT2D eigenvalue weighted by Gasteiger charge is 2.36. The van der Waals surface area contributed by atoms with Crippen molar-refractivity contribution in [2.24, 2.45) is 0 Å². The number of nitrogens with zero attached hydrogens (tertiary/aromatic N) is 2. The molecule has 0 bridgehead atoms. The maximum Gasteiger partial charge on any atom is 0.294 e. The number of hydrogen-bond acceptors (Lipinski definition) is 6. The summed E-state index contributed by atoms with van der Waals surface area (Å²) in [4.78, 5) is 38.3. The van der Waals surface area contributed by atoms with Gasteiger partial charge in [-0.25, -0.2) is 0 Å². The van der Waals surface area contributed by atoms with Gasteiger partial charge in [-0.2, -0.15) is 5.26 Å². The number of rotatable bonds is 5. The lowest BCUT2D eigenvalue weighted by atomic mass is 10.1. The van der Waals surface area contributed by atoms with Crippen molar-refractivity contribution < 1.29 is 18.8 Å². The third-order valence-corrected chi connectivity index (χ3v) is 5.62. The van der Waals surface area contributed by atoms with Gasteiger partial charge in [0.25, 0.3) is 11.1 Å². The van der Waals surface area contributed by atoms with Crippen LogP contribution >= 0.6 is 11.8 Å². The van der Waals surface area contributed by atoms with Gasteiger partial charge in [-0.15, -0.1) is 0 Å². The fourth-order valence-electron chi connectivity index (χ4n) is 3.04. The summed E-state index contributed by atoms with van der Waals surface area (Å²) in [5, 5.41) is 11.1. The third kappa shape index (κ3) is 4.63. The lowest BCUT2D eigenvalue weighted by molar-refractivity contribution is -0.127. The Morgan fingerprint density at radius 1 is 1.09 bits per heavy atom. The van der Waals surface area contributed by atoms with E-state index < -0.39 is 17.1 Å². The van der Waals surface area contributed by atoms with Crippen LogP contribution in [0.15, 0.2) is 70.0 Å². The summed E-state index contributed by atoms with van der Waals surface area (Å²) in [6, 6.07) is 19.6. The van der Waals surface area contributed by atoms with Crippen LogP contribution in [-0.4, -0.2) is 28.5 Å². The molecule has 1 fully saturated rings. The zero-order valence-corrected chi connectivity index (χ0v) is 17.8. The van der Waals surface area contributed by atoms with E-state index in [9.17, 15) is 14.4 Å². The second kappa shape index (κ2) is 8.96. The first-order valence-electron chi connectivity index (χ1n) is 9.65. The van der Waals surface area contributed by atoms with Crippen LogP contribution in [0.2, 0.25) is 0 Å². The fourth-order valence-corrected chi connectivity index (χ4v) is 3.86. The summed E-state index contributed by atoms with van der Waals surface area (Å²) in [6.45, 7) is 1.56. The topological polar surface area (TPSA) is 103 Å². The van der Waals surface area contributed by atoms with Crippen molar-refractivity contribution in [1.82, 2.24) is 4.90 Å². The average Bonchev–Trinajstić information content (AvgIpc) is 3.36. The molecule has 7 nitrogen and oxygen atoms in total. The Morgan fingerprint density at radius 3 is 2.50 bits per heavy atom. The van der Waals surface area contributed by atoms with Gasteiger partial charge in [-0.05, 0) is 67.2 Å². The summed E-state index contributed by atoms with van der Waals surface area (Å²) < 4.78 is 5.76. The van der Waals surface area contributed by atoms with Gasteiger partial charge in [0.1, 0.15) is 18.1 Å². The molecule has 1 aliphatic rings. The van der Waals surface area contributed by atoms with Crippen LogP contribution in [0.25, 0.3) is 17.4 Å². The Kier molecular flexibility index (Phi) is 5.92. The number of hydrogen-bond donors (Lipinski definition) is 1. The quantitative estimate of drug-likeness (QED) is 0.568. The highest BCUT2D eigenvalue weighted by molar-refractivity contribution is 8.18. The van der Waals surface area contributed by atoms with Gasteiger partial charge in [-0.3, -0.25) is 19.3 Å². The van der Waals surface area contributed by atoms with E-state index in [2.05, 4.69) is 11.4 Å². The number of amides is 3. The number of imide groups is 1. The molecule has 0 unspecified atom stereocenters. The minimum Gasteiger partial charge on any atom is -0.457 e. The largest absolute Gasteiger partial charge is 0.457 e. The predicted molar refractivity (Wildman–Crippen MR) is 121 cm³/mol. The first-order chi connectivity index (χ1) is 15.4. The minimum absolute atomic E-state index is 0.180. The lowest BCUT2D eigenvalue weighted by Crippen LogP contribution is -2.36. The molecule has 2 heterocycles. The zero-order valence-electron chi connectivity index (χ0n) is 17.0. The van der Waals surface area contributed by atoms with Crippen molar-refractivity contribution in [2.45, 2.75) is 6.92 Å². The van der Waals surface area contributed by atoms with Crippen LogP contribution < -0.4 is 5.32 Å². The molecule has 0 radical (unpaired) electrons. The maximum atomic E-state index is 12.7. The average molecular weight is 443 g/mol. The number of furan rings is 1. The van der Waals surface area contributed by atoms with E-state index in [1.54, 1.807) is 48.5 Å². The molecule has 0 spiro atoms. The molecule has 1 aliphatic heterocycles. The summed E-state index contributed by atoms with van der Waals surface area (Å²) >= 11 is 0.759. The van der Waals surface area contributed by atoms with Crippen molar-refractivity contribution in [3.05, 3.63) is 82.5 Å². The number of thioether (sulfide) groups is 1. The van der Waals surface area contributed by atoms with Gasteiger partial charge >= 0.3 is 0 Å². The highest BCUT2D eigenvalue weighted by Crippen LogP contribution is 2.33. The number of nitrogens with one attached hydrogen (secondary N) is 1. The van der Waals surface area contributed by atoms with Gasteiger partial charge < -0.3 is 9.73 Å². The van der Waals surface area contributed by atoms with E-state index in [-0.39, 0.29) is 11.4 Å². The summed E-state index contributed by atoms with van der Waals surface area (Å²) in [7, 11) is 0. The van der Waals surface area contributed by atoms with Crippen molar-refractivity contribution in [3.63, 3.8) is 0 Å². The molecule has 0 aliphatic carbocycles. The van der Waals surface area contributed by atoms with Gasteiger partial charge in [0.05, 0.1) is 16.5 Å². The van der Waals surface area contributed by atoms with Crippen LogP contribution in [0, 0.1) is 18.3 Å². The Hall–Kier alpha value is -4.09. The van der Waals surface area contributed by atoms with Crippen molar-refractivity contribution in [3.8, 4) is 17.4 Å². The van der Waals surface area contributed by atoms with E-state index >= 15 is 0 Å². The van der Waals surface area contributed by atoms with E-state index in [0.29, 0.717) is 22.8 Å². The standard InChI is InChI=1S/C24H17N3O4S/c1-15-2-8-18(9-3-15)26-22(28)14-27-23(29)21(32-24(27)30)12-19-10-11-20(31-19)17-6-4-16(13-25)5-7-17/h2-12H,14H2,1H3,(H,26,28). The maximum absolute atomic E-state index is 12.7. The Morgan fingerprint density at radius 2 is 1.81 bits per heavy atom. The van der Waals surface area contributed by atoms with E-state index in [1.165, 1.54) is 6.08 Å². The second-order valence-corrected chi connectivity index (χ2v) is 8.07. The van der Waals surface area contributed by atoms with Crippen molar-refractivity contribution in [1.29, 1.82) is 5.26 Å². The van der Waals surface area contributed by atoms with E-state index in [4.69, 9.17) is 9.68 Å². The molecule has 3 amide bonds. The molecule has 1 aromatic heterocycles. The van der Waals surface area contributed by atoms with E-state index in [0.717, 1.165) is 27.8 Å². The molecule has 32 heavy (non-hydrogen) atoms. The predicted octanol–water partition coefficient (Wildman–Crippen LogP) is 4.80. The number of aryl methyl sites for hydroxylation is 1. The first kappa shape index (κ1) is 21.2. The molecule has 8 heteroatoms. The summed E-state index contributed by atoms with van der Waals surface area (Å²) in [5.41, 5.74) is 2.97. The lowest BCUT2D eigenvalue weighted by Gasteiger charge is -2.12. The SMILES string of the molecule is Cc1ccc(NC(=O)CN2C(=O)SC(=Cc3ccc(-c4ccc(C#N)cc4)o3)C2=O)cc1. The number of carbonyl (C=O) groups is 3. The summed E-state index contributed by atoms with van der Waals surface area (Å²) in [6.07, 6.45) is 1.48.